The van der Waals surface area contributed by atoms with Crippen LogP contribution in [0.15, 0.2) is 11.6 Å². The molecule has 0 radical (unpaired) electrons. The van der Waals surface area contributed by atoms with Gasteiger partial charge in [-0.2, -0.15) is 0 Å². The van der Waals surface area contributed by atoms with Crippen LogP contribution in [0.4, 0.5) is 0 Å². The van der Waals surface area contributed by atoms with Gasteiger partial charge in [0.2, 0.25) is 0 Å². The molecule has 0 heterocycles. The summed E-state index contributed by atoms with van der Waals surface area (Å²) >= 11 is 0. The van der Waals surface area contributed by atoms with Crippen LogP contribution in [0.1, 0.15) is 75.2 Å². The fourth-order valence-electron chi connectivity index (χ4n) is 4.81. The molecule has 1 aliphatic rings. The highest BCUT2D eigenvalue weighted by Crippen LogP contribution is 2.46. The number of hydrogen-bond acceptors (Lipinski definition) is 0. The third-order valence-electron chi connectivity index (χ3n) is 5.73. The van der Waals surface area contributed by atoms with Gasteiger partial charge >= 0.3 is 0 Å². The molecule has 1 aliphatic carbocycles. The van der Waals surface area contributed by atoms with Crippen LogP contribution < -0.4 is 0 Å². The number of hydrogen-bond donors (Lipinski definition) is 0. The van der Waals surface area contributed by atoms with Crippen molar-refractivity contribution in [2.75, 3.05) is 0 Å². The zero-order valence-corrected chi connectivity index (χ0v) is 16.1. The van der Waals surface area contributed by atoms with Crippen molar-refractivity contribution >= 4 is 0 Å². The molecule has 0 aromatic heterocycles. The Morgan fingerprint density at radius 1 is 0.952 bits per heavy atom. The van der Waals surface area contributed by atoms with Crippen LogP contribution in [0.25, 0.3) is 0 Å². The molecule has 4 atom stereocenters. The van der Waals surface area contributed by atoms with Gasteiger partial charge in [0.1, 0.15) is 0 Å². The highest BCUT2D eigenvalue weighted by molar-refractivity contribution is 5.14. The minimum absolute atomic E-state index is 0.775. The largest absolute Gasteiger partial charge is 0.0819 e. The van der Waals surface area contributed by atoms with E-state index in [1.165, 1.54) is 12.8 Å². The van der Waals surface area contributed by atoms with Gasteiger partial charge in [0.25, 0.3) is 0 Å². The van der Waals surface area contributed by atoms with E-state index >= 15 is 0 Å². The average molecular weight is 293 g/mol. The van der Waals surface area contributed by atoms with E-state index in [0.29, 0.717) is 0 Å². The summed E-state index contributed by atoms with van der Waals surface area (Å²) in [4.78, 5) is 0. The van der Waals surface area contributed by atoms with Gasteiger partial charge in [0.15, 0.2) is 0 Å². The fourth-order valence-corrected chi connectivity index (χ4v) is 4.81. The molecule has 0 aromatic carbocycles. The van der Waals surface area contributed by atoms with Gasteiger partial charge in [-0.15, -0.1) is 0 Å². The Bertz CT molecular complexity index is 332. The maximum absolute atomic E-state index is 2.66. The molecule has 0 spiro atoms. The maximum Gasteiger partial charge on any atom is -0.0152 e. The van der Waals surface area contributed by atoms with E-state index in [1.807, 2.05) is 0 Å². The van der Waals surface area contributed by atoms with Crippen molar-refractivity contribution in [1.29, 1.82) is 0 Å². The molecule has 0 N–H and O–H groups in total. The Morgan fingerprint density at radius 3 is 1.90 bits per heavy atom. The van der Waals surface area contributed by atoms with Crippen LogP contribution >= 0.6 is 0 Å². The Kier molecular flexibility index (Phi) is 7.01. The van der Waals surface area contributed by atoms with Crippen molar-refractivity contribution in [2.24, 2.45) is 47.3 Å². The highest BCUT2D eigenvalue weighted by atomic mass is 14.4. The second kappa shape index (κ2) is 7.84. The summed E-state index contributed by atoms with van der Waals surface area (Å²) in [6, 6.07) is 0. The van der Waals surface area contributed by atoms with Gasteiger partial charge in [0, 0.05) is 0 Å². The molecule has 1 rings (SSSR count). The zero-order valence-electron chi connectivity index (χ0n) is 16.1. The first-order chi connectivity index (χ1) is 9.65. The van der Waals surface area contributed by atoms with E-state index < -0.39 is 0 Å². The molecule has 124 valence electrons. The SMILES string of the molecule is CC1=CC(C(CC(C)C)C(C)C)CC(C(C)C)C1C(C)C. The van der Waals surface area contributed by atoms with Crippen LogP contribution in [-0.2, 0) is 0 Å². The second-order valence-corrected chi connectivity index (χ2v) is 9.03. The van der Waals surface area contributed by atoms with E-state index in [1.54, 1.807) is 5.57 Å². The predicted molar refractivity (Wildman–Crippen MR) is 96.3 cm³/mol. The van der Waals surface area contributed by atoms with Crippen molar-refractivity contribution in [3.63, 3.8) is 0 Å². The predicted octanol–water partition coefficient (Wildman–Crippen LogP) is 6.82. The van der Waals surface area contributed by atoms with Gasteiger partial charge in [-0.25, -0.2) is 0 Å². The van der Waals surface area contributed by atoms with Crippen molar-refractivity contribution in [3.05, 3.63) is 11.6 Å². The van der Waals surface area contributed by atoms with Gasteiger partial charge < -0.3 is 0 Å². The normalized spacial score (nSPS) is 28.6. The molecule has 0 fully saturated rings. The molecular formula is C21H40. The van der Waals surface area contributed by atoms with E-state index in [-0.39, 0.29) is 0 Å². The zero-order chi connectivity index (χ0) is 16.3. The summed E-state index contributed by atoms with van der Waals surface area (Å²) in [6.45, 7) is 21.7. The number of rotatable bonds is 6. The molecule has 0 saturated carbocycles. The van der Waals surface area contributed by atoms with E-state index in [0.717, 1.165) is 47.3 Å². The molecule has 0 heteroatoms. The topological polar surface area (TPSA) is 0 Å². The smallest absolute Gasteiger partial charge is 0.0152 e. The van der Waals surface area contributed by atoms with Crippen molar-refractivity contribution in [1.82, 2.24) is 0 Å². The fraction of sp³-hybridized carbons (Fsp3) is 0.905. The van der Waals surface area contributed by atoms with Crippen molar-refractivity contribution in [2.45, 2.75) is 75.2 Å². The lowest BCUT2D eigenvalue weighted by molar-refractivity contribution is 0.134. The van der Waals surface area contributed by atoms with Gasteiger partial charge in [0.05, 0.1) is 0 Å². The summed E-state index contributed by atoms with van der Waals surface area (Å²) < 4.78 is 0. The van der Waals surface area contributed by atoms with E-state index in [9.17, 15) is 0 Å². The summed E-state index contributed by atoms with van der Waals surface area (Å²) in [5.41, 5.74) is 1.68. The van der Waals surface area contributed by atoms with E-state index in [4.69, 9.17) is 0 Å². The Labute approximate surface area is 134 Å². The highest BCUT2D eigenvalue weighted by Gasteiger charge is 2.37. The summed E-state index contributed by atoms with van der Waals surface area (Å²) in [6.07, 6.45) is 5.45. The van der Waals surface area contributed by atoms with Crippen LogP contribution in [0.3, 0.4) is 0 Å². The Hall–Kier alpha value is -0.260. The summed E-state index contributed by atoms with van der Waals surface area (Å²) in [5, 5.41) is 0. The molecular weight excluding hydrogens is 252 g/mol. The van der Waals surface area contributed by atoms with Crippen molar-refractivity contribution < 1.29 is 0 Å². The standard InChI is InChI=1S/C21H40/c1-13(2)10-19(14(3)4)18-11-17(9)21(16(7)8)20(12-18)15(5)6/h11,13-16,18-21H,10,12H2,1-9H3. The molecule has 0 amide bonds. The minimum Gasteiger partial charge on any atom is -0.0819 e. The summed E-state index contributed by atoms with van der Waals surface area (Å²) in [5.74, 6) is 6.51. The quantitative estimate of drug-likeness (QED) is 0.471. The molecule has 0 bridgehead atoms. The third kappa shape index (κ3) is 4.86. The molecule has 0 nitrogen and oxygen atoms in total. The number of allylic oxidation sites excluding steroid dienone is 2. The summed E-state index contributed by atoms with van der Waals surface area (Å²) in [7, 11) is 0. The monoisotopic (exact) mass is 292 g/mol. The second-order valence-electron chi connectivity index (χ2n) is 9.03. The molecule has 0 aliphatic heterocycles. The van der Waals surface area contributed by atoms with Gasteiger partial charge in [-0.1, -0.05) is 67.0 Å². The molecule has 0 aromatic rings. The lowest BCUT2D eigenvalue weighted by Gasteiger charge is -2.43. The molecule has 0 saturated heterocycles. The maximum atomic E-state index is 2.66. The molecule has 4 unspecified atom stereocenters. The van der Waals surface area contributed by atoms with Gasteiger partial charge in [-0.3, -0.25) is 0 Å². The first-order valence-corrected chi connectivity index (χ1v) is 9.33. The Balaban J connectivity index is 3.04. The van der Waals surface area contributed by atoms with Crippen LogP contribution in [0, 0.1) is 47.3 Å². The lowest BCUT2D eigenvalue weighted by Crippen LogP contribution is -2.35. The Morgan fingerprint density at radius 2 is 1.52 bits per heavy atom. The lowest BCUT2D eigenvalue weighted by atomic mass is 9.62. The van der Waals surface area contributed by atoms with E-state index in [2.05, 4.69) is 68.4 Å². The van der Waals surface area contributed by atoms with Crippen LogP contribution in [0.2, 0.25) is 0 Å². The van der Waals surface area contributed by atoms with Gasteiger partial charge in [-0.05, 0) is 67.1 Å². The third-order valence-corrected chi connectivity index (χ3v) is 5.73. The average Bonchev–Trinajstić information content (AvgIpc) is 2.33. The molecule has 21 heavy (non-hydrogen) atoms. The van der Waals surface area contributed by atoms with Crippen molar-refractivity contribution in [3.8, 4) is 0 Å². The minimum atomic E-state index is 0.775. The first-order valence-electron chi connectivity index (χ1n) is 9.33. The first kappa shape index (κ1) is 18.8. The van der Waals surface area contributed by atoms with Crippen LogP contribution in [-0.4, -0.2) is 0 Å². The van der Waals surface area contributed by atoms with Crippen LogP contribution in [0.5, 0.6) is 0 Å².